The molecule has 0 spiro atoms. The molecule has 5 nitrogen and oxygen atoms in total. The number of hydrogen-bond acceptors (Lipinski definition) is 5. The molecule has 2 heterocycles. The van der Waals surface area contributed by atoms with Crippen LogP contribution in [0.1, 0.15) is 32.0 Å². The van der Waals surface area contributed by atoms with E-state index in [-0.39, 0.29) is 11.5 Å². The van der Waals surface area contributed by atoms with Crippen LogP contribution in [0, 0.1) is 13.8 Å². The van der Waals surface area contributed by atoms with E-state index in [1.165, 1.54) is 16.2 Å². The number of aryl methyl sites for hydroxylation is 2. The first-order valence-corrected chi connectivity index (χ1v) is 7.15. The largest absolute Gasteiger partial charge is 0.478 e. The number of hydrogen-bond donors (Lipinski definition) is 1. The minimum Gasteiger partial charge on any atom is -0.478 e. The van der Waals surface area contributed by atoms with Crippen LogP contribution in [0.5, 0.6) is 0 Å². The number of anilines is 1. The summed E-state index contributed by atoms with van der Waals surface area (Å²) in [6, 6.07) is 0. The Balaban J connectivity index is 2.40. The molecule has 0 unspecified atom stereocenters. The van der Waals surface area contributed by atoms with E-state index in [9.17, 15) is 14.7 Å². The van der Waals surface area contributed by atoms with Gasteiger partial charge in [-0.2, -0.15) is 15.7 Å². The van der Waals surface area contributed by atoms with Gasteiger partial charge in [-0.25, -0.2) is 4.79 Å². The fraction of sp³-hybridized carbons (Fsp3) is 0.250. The van der Waals surface area contributed by atoms with Gasteiger partial charge in [0.2, 0.25) is 0 Å². The number of carbonyl (C=O) groups is 2. The number of carbonyl (C=O) groups excluding carboxylic acids is 1. The van der Waals surface area contributed by atoms with Crippen molar-refractivity contribution in [3.05, 3.63) is 33.1 Å². The van der Waals surface area contributed by atoms with E-state index in [4.69, 9.17) is 0 Å². The molecule has 0 fully saturated rings. The van der Waals surface area contributed by atoms with Crippen molar-refractivity contribution < 1.29 is 14.7 Å². The Hall–Kier alpha value is -1.73. The van der Waals surface area contributed by atoms with E-state index in [0.717, 1.165) is 17.1 Å². The second-order valence-electron chi connectivity index (χ2n) is 4.09. The molecule has 0 radical (unpaired) electrons. The van der Waals surface area contributed by atoms with Crippen molar-refractivity contribution in [3.63, 3.8) is 0 Å². The Morgan fingerprint density at radius 1 is 1.32 bits per heavy atom. The molecule has 0 atom stereocenters. The molecule has 2 aromatic heterocycles. The minimum atomic E-state index is -1.07. The van der Waals surface area contributed by atoms with Crippen molar-refractivity contribution in [2.75, 3.05) is 11.9 Å². The zero-order valence-corrected chi connectivity index (χ0v) is 12.3. The Kier molecular flexibility index (Phi) is 3.68. The number of carboxylic acid groups (broad SMARTS) is 1. The lowest BCUT2D eigenvalue weighted by atomic mass is 10.2. The van der Waals surface area contributed by atoms with Gasteiger partial charge in [0.15, 0.2) is 0 Å². The Morgan fingerprint density at radius 3 is 2.53 bits per heavy atom. The highest BCUT2D eigenvalue weighted by molar-refractivity contribution is 7.11. The van der Waals surface area contributed by atoms with Crippen LogP contribution in [0.25, 0.3) is 0 Å². The maximum Gasteiger partial charge on any atom is 0.340 e. The highest BCUT2D eigenvalue weighted by atomic mass is 32.1. The number of rotatable bonds is 3. The summed E-state index contributed by atoms with van der Waals surface area (Å²) in [6.45, 7) is 3.48. The lowest BCUT2D eigenvalue weighted by Gasteiger charge is -2.15. The first-order chi connectivity index (χ1) is 8.93. The molecule has 1 amide bonds. The molecule has 7 heteroatoms. The lowest BCUT2D eigenvalue weighted by molar-refractivity contribution is 0.0697. The molecule has 0 aliphatic carbocycles. The van der Waals surface area contributed by atoms with Gasteiger partial charge in [0.05, 0.1) is 11.3 Å². The SMILES string of the molecule is Cc1cscc1C(=O)N(C)c1snc(C)c1C(=O)O. The number of aromatic nitrogens is 1. The molecule has 19 heavy (non-hydrogen) atoms. The zero-order valence-electron chi connectivity index (χ0n) is 10.6. The van der Waals surface area contributed by atoms with Crippen LogP contribution < -0.4 is 4.90 Å². The van der Waals surface area contributed by atoms with Crippen molar-refractivity contribution in [2.24, 2.45) is 0 Å². The number of nitrogens with zero attached hydrogens (tertiary/aromatic N) is 2. The van der Waals surface area contributed by atoms with E-state index >= 15 is 0 Å². The van der Waals surface area contributed by atoms with Crippen LogP contribution in [0.3, 0.4) is 0 Å². The third kappa shape index (κ3) is 2.39. The minimum absolute atomic E-state index is 0.0914. The van der Waals surface area contributed by atoms with Crippen molar-refractivity contribution in [1.82, 2.24) is 4.37 Å². The van der Waals surface area contributed by atoms with Gasteiger partial charge in [0.25, 0.3) is 5.91 Å². The van der Waals surface area contributed by atoms with Gasteiger partial charge in [0, 0.05) is 12.4 Å². The van der Waals surface area contributed by atoms with Crippen molar-refractivity contribution in [1.29, 1.82) is 0 Å². The third-order valence-corrected chi connectivity index (χ3v) is 4.63. The topological polar surface area (TPSA) is 70.5 Å². The monoisotopic (exact) mass is 296 g/mol. The van der Waals surface area contributed by atoms with Crippen LogP contribution in [0.4, 0.5) is 5.00 Å². The van der Waals surface area contributed by atoms with Gasteiger partial charge < -0.3 is 10.0 Å². The van der Waals surface area contributed by atoms with Gasteiger partial charge >= 0.3 is 5.97 Å². The highest BCUT2D eigenvalue weighted by Gasteiger charge is 2.25. The molecule has 2 aromatic rings. The Bertz CT molecular complexity index is 645. The number of amides is 1. The first-order valence-electron chi connectivity index (χ1n) is 5.44. The van der Waals surface area contributed by atoms with Crippen LogP contribution in [0.2, 0.25) is 0 Å². The van der Waals surface area contributed by atoms with Crippen molar-refractivity contribution >= 4 is 39.7 Å². The molecule has 1 N–H and O–H groups in total. The summed E-state index contributed by atoms with van der Waals surface area (Å²) >= 11 is 2.47. The van der Waals surface area contributed by atoms with E-state index in [1.54, 1.807) is 19.4 Å². The van der Waals surface area contributed by atoms with Crippen molar-refractivity contribution in [3.8, 4) is 0 Å². The standard InChI is InChI=1S/C12H12N2O3S2/c1-6-4-18-5-8(6)10(15)14(3)11-9(12(16)17)7(2)13-19-11/h4-5H,1-3H3,(H,16,17). The van der Waals surface area contributed by atoms with Crippen LogP contribution in [-0.4, -0.2) is 28.4 Å². The molecule has 0 saturated carbocycles. The van der Waals surface area contributed by atoms with Gasteiger partial charge in [-0.05, 0) is 36.3 Å². The summed E-state index contributed by atoms with van der Waals surface area (Å²) < 4.78 is 4.01. The molecular weight excluding hydrogens is 284 g/mol. The summed E-state index contributed by atoms with van der Waals surface area (Å²) in [5, 5.41) is 13.2. The Morgan fingerprint density at radius 2 is 2.00 bits per heavy atom. The normalized spacial score (nSPS) is 10.5. The third-order valence-electron chi connectivity index (χ3n) is 2.75. The van der Waals surface area contributed by atoms with Crippen LogP contribution in [-0.2, 0) is 0 Å². The maximum atomic E-state index is 12.3. The lowest BCUT2D eigenvalue weighted by Crippen LogP contribution is -2.27. The van der Waals surface area contributed by atoms with Gasteiger partial charge in [0.1, 0.15) is 10.6 Å². The fourth-order valence-corrected chi connectivity index (χ4v) is 3.35. The van der Waals surface area contributed by atoms with Crippen LogP contribution >= 0.6 is 22.9 Å². The number of aromatic carboxylic acids is 1. The maximum absolute atomic E-state index is 12.3. The predicted molar refractivity (Wildman–Crippen MR) is 75.6 cm³/mol. The van der Waals surface area contributed by atoms with Gasteiger partial charge in [-0.15, -0.1) is 0 Å². The quantitative estimate of drug-likeness (QED) is 0.945. The zero-order chi connectivity index (χ0) is 14.2. The van der Waals surface area contributed by atoms with E-state index in [0.29, 0.717) is 16.3 Å². The molecule has 2 rings (SSSR count). The van der Waals surface area contributed by atoms with Crippen LogP contribution in [0.15, 0.2) is 10.8 Å². The molecule has 0 bridgehead atoms. The Labute approximate surface area is 118 Å². The molecule has 100 valence electrons. The van der Waals surface area contributed by atoms with Gasteiger partial charge in [-0.1, -0.05) is 0 Å². The van der Waals surface area contributed by atoms with E-state index in [1.807, 2.05) is 12.3 Å². The molecule has 0 aromatic carbocycles. The summed E-state index contributed by atoms with van der Waals surface area (Å²) in [7, 11) is 1.57. The molecule has 0 aliphatic rings. The summed E-state index contributed by atoms with van der Waals surface area (Å²) in [5.41, 5.74) is 2.00. The molecule has 0 saturated heterocycles. The average molecular weight is 296 g/mol. The summed E-state index contributed by atoms with van der Waals surface area (Å²) in [4.78, 5) is 24.9. The number of carboxylic acids is 1. The highest BCUT2D eigenvalue weighted by Crippen LogP contribution is 2.29. The van der Waals surface area contributed by atoms with Gasteiger partial charge in [-0.3, -0.25) is 4.79 Å². The van der Waals surface area contributed by atoms with E-state index < -0.39 is 5.97 Å². The fourth-order valence-electron chi connectivity index (χ4n) is 1.69. The predicted octanol–water partition coefficient (Wildman–Crippen LogP) is 2.80. The second-order valence-corrected chi connectivity index (χ2v) is 5.58. The van der Waals surface area contributed by atoms with Crippen molar-refractivity contribution in [2.45, 2.75) is 13.8 Å². The molecular formula is C12H12N2O3S2. The summed E-state index contributed by atoms with van der Waals surface area (Å²) in [5.74, 6) is -1.28. The smallest absolute Gasteiger partial charge is 0.340 e. The number of thiophene rings is 1. The average Bonchev–Trinajstić information content (AvgIpc) is 2.93. The second kappa shape index (κ2) is 5.10. The first kappa shape index (κ1) is 13.7. The molecule has 0 aliphatic heterocycles. The summed E-state index contributed by atoms with van der Waals surface area (Å²) in [6.07, 6.45) is 0. The van der Waals surface area contributed by atoms with E-state index in [2.05, 4.69) is 4.37 Å².